The number of ether oxygens (including phenoxy) is 1. The van der Waals surface area contributed by atoms with E-state index in [1.165, 1.54) is 0 Å². The fraction of sp³-hybridized carbons (Fsp3) is 0.250. The van der Waals surface area contributed by atoms with Crippen molar-refractivity contribution in [3.8, 4) is 5.88 Å². The first-order valence-corrected chi connectivity index (χ1v) is 4.98. The molecule has 2 aromatic rings. The van der Waals surface area contributed by atoms with Gasteiger partial charge < -0.3 is 9.72 Å². The minimum Gasteiger partial charge on any atom is -0.479 e. The molecule has 1 heterocycles. The summed E-state index contributed by atoms with van der Waals surface area (Å²) in [7, 11) is 0. The summed E-state index contributed by atoms with van der Waals surface area (Å²) in [5.74, 6) is 0.599. The van der Waals surface area contributed by atoms with Crippen molar-refractivity contribution in [1.82, 2.24) is 4.98 Å². The van der Waals surface area contributed by atoms with E-state index in [2.05, 4.69) is 4.98 Å². The van der Waals surface area contributed by atoms with Gasteiger partial charge in [-0.1, -0.05) is 18.2 Å². The number of para-hydroxylation sites is 1. The van der Waals surface area contributed by atoms with Crippen molar-refractivity contribution in [3.05, 3.63) is 29.8 Å². The SMILES string of the molecule is CCOc1[nH]c2ccccc2c1C(C)=O. The Kier molecular flexibility index (Phi) is 2.46. The van der Waals surface area contributed by atoms with Gasteiger partial charge in [0.2, 0.25) is 5.88 Å². The van der Waals surface area contributed by atoms with Gasteiger partial charge >= 0.3 is 0 Å². The van der Waals surface area contributed by atoms with E-state index in [1.54, 1.807) is 6.92 Å². The maximum absolute atomic E-state index is 11.5. The minimum absolute atomic E-state index is 0.0240. The van der Waals surface area contributed by atoms with Crippen LogP contribution in [-0.2, 0) is 0 Å². The van der Waals surface area contributed by atoms with E-state index in [1.807, 2.05) is 31.2 Å². The fourth-order valence-electron chi connectivity index (χ4n) is 1.72. The summed E-state index contributed by atoms with van der Waals surface area (Å²) in [4.78, 5) is 14.6. The standard InChI is InChI=1S/C12H13NO2/c1-3-15-12-11(8(2)14)9-6-4-5-7-10(9)13-12/h4-7,13H,3H2,1-2H3. The van der Waals surface area contributed by atoms with Crippen LogP contribution in [-0.4, -0.2) is 17.4 Å². The van der Waals surface area contributed by atoms with Gasteiger partial charge in [0, 0.05) is 10.9 Å². The zero-order valence-corrected chi connectivity index (χ0v) is 8.83. The first kappa shape index (κ1) is 9.77. The number of rotatable bonds is 3. The lowest BCUT2D eigenvalue weighted by atomic mass is 10.1. The first-order chi connectivity index (χ1) is 7.24. The van der Waals surface area contributed by atoms with Crippen molar-refractivity contribution in [2.45, 2.75) is 13.8 Å². The van der Waals surface area contributed by atoms with Gasteiger partial charge in [-0.2, -0.15) is 0 Å². The van der Waals surface area contributed by atoms with Gasteiger partial charge in [0.25, 0.3) is 0 Å². The largest absolute Gasteiger partial charge is 0.479 e. The number of fused-ring (bicyclic) bond motifs is 1. The van der Waals surface area contributed by atoms with Crippen molar-refractivity contribution < 1.29 is 9.53 Å². The summed E-state index contributed by atoms with van der Waals surface area (Å²) >= 11 is 0. The van der Waals surface area contributed by atoms with Gasteiger partial charge in [-0.3, -0.25) is 4.79 Å². The van der Waals surface area contributed by atoms with Gasteiger partial charge in [0.1, 0.15) is 0 Å². The van der Waals surface area contributed by atoms with E-state index in [4.69, 9.17) is 4.74 Å². The second-order valence-electron chi connectivity index (χ2n) is 3.36. The van der Waals surface area contributed by atoms with Crippen molar-refractivity contribution in [1.29, 1.82) is 0 Å². The molecule has 0 spiro atoms. The van der Waals surface area contributed by atoms with Crippen molar-refractivity contribution in [2.75, 3.05) is 6.61 Å². The zero-order valence-electron chi connectivity index (χ0n) is 8.83. The fourth-order valence-corrected chi connectivity index (χ4v) is 1.72. The number of carbonyl (C=O) groups is 1. The van der Waals surface area contributed by atoms with Crippen LogP contribution in [0.15, 0.2) is 24.3 Å². The Morgan fingerprint density at radius 3 is 2.80 bits per heavy atom. The van der Waals surface area contributed by atoms with Crippen LogP contribution in [0, 0.1) is 0 Å². The third-order valence-corrected chi connectivity index (χ3v) is 2.31. The van der Waals surface area contributed by atoms with E-state index in [0.717, 1.165) is 10.9 Å². The van der Waals surface area contributed by atoms with E-state index in [0.29, 0.717) is 18.1 Å². The number of aromatic nitrogens is 1. The number of hydrogen-bond acceptors (Lipinski definition) is 2. The minimum atomic E-state index is 0.0240. The number of H-pyrrole nitrogens is 1. The molecule has 3 nitrogen and oxygen atoms in total. The molecule has 2 rings (SSSR count). The Balaban J connectivity index is 2.69. The van der Waals surface area contributed by atoms with E-state index in [9.17, 15) is 4.79 Å². The Morgan fingerprint density at radius 1 is 1.40 bits per heavy atom. The molecule has 1 N–H and O–H groups in total. The van der Waals surface area contributed by atoms with E-state index >= 15 is 0 Å². The van der Waals surface area contributed by atoms with Crippen LogP contribution in [0.4, 0.5) is 0 Å². The molecule has 0 saturated carbocycles. The third-order valence-electron chi connectivity index (χ3n) is 2.31. The predicted molar refractivity (Wildman–Crippen MR) is 59.5 cm³/mol. The number of benzene rings is 1. The Labute approximate surface area is 88.1 Å². The molecule has 15 heavy (non-hydrogen) atoms. The summed E-state index contributed by atoms with van der Waals surface area (Å²) < 4.78 is 5.41. The normalized spacial score (nSPS) is 10.5. The molecule has 0 aliphatic carbocycles. The van der Waals surface area contributed by atoms with Gasteiger partial charge in [0.05, 0.1) is 12.2 Å². The molecule has 0 saturated heterocycles. The molecule has 0 atom stereocenters. The maximum atomic E-state index is 11.5. The molecule has 0 bridgehead atoms. The average Bonchev–Trinajstić information content (AvgIpc) is 2.56. The molecule has 1 aromatic carbocycles. The lowest BCUT2D eigenvalue weighted by Crippen LogP contribution is -1.98. The maximum Gasteiger partial charge on any atom is 0.203 e. The quantitative estimate of drug-likeness (QED) is 0.779. The summed E-state index contributed by atoms with van der Waals surface area (Å²) in [5, 5.41) is 0.924. The van der Waals surface area contributed by atoms with Crippen LogP contribution in [0.2, 0.25) is 0 Å². The number of Topliss-reactive ketones (excluding diaryl/α,β-unsaturated/α-hetero) is 1. The van der Waals surface area contributed by atoms with Crippen LogP contribution in [0.1, 0.15) is 24.2 Å². The topological polar surface area (TPSA) is 42.1 Å². The highest BCUT2D eigenvalue weighted by Gasteiger charge is 2.15. The number of hydrogen-bond donors (Lipinski definition) is 1. The number of carbonyl (C=O) groups excluding carboxylic acids is 1. The molecule has 0 amide bonds. The van der Waals surface area contributed by atoms with E-state index in [-0.39, 0.29) is 5.78 Å². The van der Waals surface area contributed by atoms with Crippen LogP contribution in [0.25, 0.3) is 10.9 Å². The Morgan fingerprint density at radius 2 is 2.13 bits per heavy atom. The first-order valence-electron chi connectivity index (χ1n) is 4.98. The molecular weight excluding hydrogens is 190 g/mol. The van der Waals surface area contributed by atoms with Gasteiger partial charge in [0.15, 0.2) is 5.78 Å². The van der Waals surface area contributed by atoms with Crippen LogP contribution >= 0.6 is 0 Å². The lowest BCUT2D eigenvalue weighted by molar-refractivity contribution is 0.101. The molecule has 0 unspecified atom stereocenters. The summed E-state index contributed by atoms with van der Waals surface area (Å²) in [5.41, 5.74) is 1.58. The molecule has 0 aliphatic heterocycles. The van der Waals surface area contributed by atoms with Crippen molar-refractivity contribution >= 4 is 16.7 Å². The zero-order chi connectivity index (χ0) is 10.8. The highest BCUT2D eigenvalue weighted by molar-refractivity contribution is 6.09. The van der Waals surface area contributed by atoms with Crippen LogP contribution in [0.5, 0.6) is 5.88 Å². The summed E-state index contributed by atoms with van der Waals surface area (Å²) in [6, 6.07) is 7.70. The molecule has 1 aromatic heterocycles. The Hall–Kier alpha value is -1.77. The molecule has 0 radical (unpaired) electrons. The molecular formula is C12H13NO2. The highest BCUT2D eigenvalue weighted by atomic mass is 16.5. The second-order valence-corrected chi connectivity index (χ2v) is 3.36. The smallest absolute Gasteiger partial charge is 0.203 e. The number of aromatic amines is 1. The van der Waals surface area contributed by atoms with Crippen LogP contribution in [0.3, 0.4) is 0 Å². The van der Waals surface area contributed by atoms with Crippen molar-refractivity contribution in [2.24, 2.45) is 0 Å². The number of nitrogens with one attached hydrogen (secondary N) is 1. The third kappa shape index (κ3) is 1.61. The Bertz CT molecular complexity index is 499. The van der Waals surface area contributed by atoms with Crippen molar-refractivity contribution in [3.63, 3.8) is 0 Å². The van der Waals surface area contributed by atoms with Crippen LogP contribution < -0.4 is 4.74 Å². The molecule has 3 heteroatoms. The summed E-state index contributed by atoms with van der Waals surface area (Å²) in [6.45, 7) is 4.00. The van der Waals surface area contributed by atoms with E-state index < -0.39 is 0 Å². The highest BCUT2D eigenvalue weighted by Crippen LogP contribution is 2.28. The van der Waals surface area contributed by atoms with Gasteiger partial charge in [-0.25, -0.2) is 0 Å². The monoisotopic (exact) mass is 203 g/mol. The average molecular weight is 203 g/mol. The van der Waals surface area contributed by atoms with Gasteiger partial charge in [-0.15, -0.1) is 0 Å². The molecule has 0 aliphatic rings. The molecule has 78 valence electrons. The lowest BCUT2D eigenvalue weighted by Gasteiger charge is -2.01. The second kappa shape index (κ2) is 3.77. The number of ketones is 1. The molecule has 0 fully saturated rings. The van der Waals surface area contributed by atoms with Gasteiger partial charge in [-0.05, 0) is 19.9 Å². The summed E-state index contributed by atoms with van der Waals surface area (Å²) in [6.07, 6.45) is 0. The predicted octanol–water partition coefficient (Wildman–Crippen LogP) is 2.77.